The van der Waals surface area contributed by atoms with Crippen molar-refractivity contribution in [3.05, 3.63) is 5.89 Å². The summed E-state index contributed by atoms with van der Waals surface area (Å²) in [5.41, 5.74) is 5.32. The lowest BCUT2D eigenvalue weighted by Crippen LogP contribution is -2.57. The number of hydrogen-bond acceptors (Lipinski definition) is 7. The van der Waals surface area contributed by atoms with Gasteiger partial charge in [0.15, 0.2) is 0 Å². The number of rotatable bonds is 2. The second-order valence-electron chi connectivity index (χ2n) is 3.40. The summed E-state index contributed by atoms with van der Waals surface area (Å²) in [7, 11) is 0. The van der Waals surface area contributed by atoms with Gasteiger partial charge in [-0.3, -0.25) is 14.9 Å². The van der Waals surface area contributed by atoms with Crippen molar-refractivity contribution >= 4 is 17.8 Å². The van der Waals surface area contributed by atoms with Gasteiger partial charge in [-0.05, 0) is 6.92 Å². The van der Waals surface area contributed by atoms with Crippen LogP contribution < -0.4 is 16.0 Å². The van der Waals surface area contributed by atoms with Crippen molar-refractivity contribution < 1.29 is 14.0 Å². The van der Waals surface area contributed by atoms with Gasteiger partial charge in [-0.15, -0.1) is 5.10 Å². The predicted molar refractivity (Wildman–Crippen MR) is 52.1 cm³/mol. The number of carbonyl (C=O) groups excluding carboxylic acids is 2. The van der Waals surface area contributed by atoms with Gasteiger partial charge in [0.1, 0.15) is 12.6 Å². The lowest BCUT2D eigenvalue weighted by molar-refractivity contribution is -0.132. The lowest BCUT2D eigenvalue weighted by Gasteiger charge is -2.29. The number of imide groups is 1. The van der Waals surface area contributed by atoms with Crippen LogP contribution in [-0.4, -0.2) is 34.6 Å². The molecule has 8 nitrogen and oxygen atoms in total. The van der Waals surface area contributed by atoms with Gasteiger partial charge >= 0.3 is 6.01 Å². The fraction of sp³-hybridized carbons (Fsp3) is 0.500. The monoisotopic (exact) mass is 225 g/mol. The van der Waals surface area contributed by atoms with E-state index in [2.05, 4.69) is 15.5 Å². The third kappa shape index (κ3) is 1.74. The number of aromatic nitrogens is 2. The SMILES string of the molecule is CC1C(=O)NC(=O)CN1c1nnc(CN)o1. The molecular weight excluding hydrogens is 214 g/mol. The second kappa shape index (κ2) is 3.89. The van der Waals surface area contributed by atoms with Gasteiger partial charge in [-0.2, -0.15) is 0 Å². The highest BCUT2D eigenvalue weighted by atomic mass is 16.4. The number of amides is 2. The Hall–Kier alpha value is -1.96. The lowest BCUT2D eigenvalue weighted by atomic mass is 10.2. The Labute approximate surface area is 90.8 Å². The molecule has 86 valence electrons. The topological polar surface area (TPSA) is 114 Å². The minimum absolute atomic E-state index is 0.0130. The maximum absolute atomic E-state index is 11.4. The standard InChI is InChI=1S/C8H11N5O3/c1-4-7(15)10-5(14)3-13(4)8-12-11-6(2-9)16-8/h4H,2-3,9H2,1H3,(H,10,14,15). The number of nitrogens with one attached hydrogen (secondary N) is 1. The van der Waals surface area contributed by atoms with Crippen molar-refractivity contribution in [2.45, 2.75) is 19.5 Å². The third-order valence-corrected chi connectivity index (χ3v) is 2.30. The molecular formula is C8H11N5O3. The predicted octanol–water partition coefficient (Wildman–Crippen LogP) is -1.62. The molecule has 2 amide bonds. The molecule has 1 aliphatic heterocycles. The van der Waals surface area contributed by atoms with Gasteiger partial charge in [0.05, 0.1) is 6.54 Å². The van der Waals surface area contributed by atoms with Crippen molar-refractivity contribution in [2.24, 2.45) is 5.73 Å². The van der Waals surface area contributed by atoms with Crippen molar-refractivity contribution in [3.8, 4) is 0 Å². The number of anilines is 1. The summed E-state index contributed by atoms with van der Waals surface area (Å²) >= 11 is 0. The zero-order chi connectivity index (χ0) is 11.7. The third-order valence-electron chi connectivity index (χ3n) is 2.30. The average molecular weight is 225 g/mol. The van der Waals surface area contributed by atoms with Crippen molar-refractivity contribution in [2.75, 3.05) is 11.4 Å². The van der Waals surface area contributed by atoms with Gasteiger partial charge in [-0.25, -0.2) is 0 Å². The van der Waals surface area contributed by atoms with Crippen molar-refractivity contribution in [3.63, 3.8) is 0 Å². The number of piperazine rings is 1. The Morgan fingerprint density at radius 2 is 2.31 bits per heavy atom. The fourth-order valence-corrected chi connectivity index (χ4v) is 1.39. The summed E-state index contributed by atoms with van der Waals surface area (Å²) in [6.45, 7) is 1.78. The van der Waals surface area contributed by atoms with Crippen LogP contribution in [0, 0.1) is 0 Å². The molecule has 1 aromatic rings. The molecule has 0 aromatic carbocycles. The Bertz CT molecular complexity index is 429. The first-order valence-electron chi connectivity index (χ1n) is 4.74. The molecule has 2 heterocycles. The van der Waals surface area contributed by atoms with Crippen LogP contribution in [0.3, 0.4) is 0 Å². The molecule has 3 N–H and O–H groups in total. The van der Waals surface area contributed by atoms with E-state index in [0.717, 1.165) is 0 Å². The van der Waals surface area contributed by atoms with E-state index < -0.39 is 11.9 Å². The largest absolute Gasteiger partial charge is 0.407 e. The van der Waals surface area contributed by atoms with E-state index in [1.165, 1.54) is 4.90 Å². The van der Waals surface area contributed by atoms with Crippen molar-refractivity contribution in [1.82, 2.24) is 15.5 Å². The van der Waals surface area contributed by atoms with E-state index in [-0.39, 0.29) is 30.9 Å². The molecule has 0 spiro atoms. The molecule has 0 aliphatic carbocycles. The molecule has 1 unspecified atom stereocenters. The number of carbonyl (C=O) groups is 2. The van der Waals surface area contributed by atoms with Crippen LogP contribution in [0.2, 0.25) is 0 Å². The number of nitrogens with two attached hydrogens (primary N) is 1. The normalized spacial score (nSPS) is 21.1. The van der Waals surface area contributed by atoms with Crippen molar-refractivity contribution in [1.29, 1.82) is 0 Å². The van der Waals surface area contributed by atoms with E-state index in [4.69, 9.17) is 10.2 Å². The Morgan fingerprint density at radius 1 is 1.56 bits per heavy atom. The zero-order valence-corrected chi connectivity index (χ0v) is 8.64. The average Bonchev–Trinajstić information content (AvgIpc) is 2.71. The van der Waals surface area contributed by atoms with Crippen LogP contribution in [-0.2, 0) is 16.1 Å². The minimum Gasteiger partial charge on any atom is -0.407 e. The summed E-state index contributed by atoms with van der Waals surface area (Å²) in [4.78, 5) is 24.0. The zero-order valence-electron chi connectivity index (χ0n) is 8.64. The molecule has 1 aromatic heterocycles. The van der Waals surface area contributed by atoms with Gasteiger partial charge in [0, 0.05) is 0 Å². The first-order chi connectivity index (χ1) is 7.61. The first-order valence-corrected chi connectivity index (χ1v) is 4.74. The van der Waals surface area contributed by atoms with E-state index in [1.807, 2.05) is 0 Å². The molecule has 1 saturated heterocycles. The maximum Gasteiger partial charge on any atom is 0.319 e. The second-order valence-corrected chi connectivity index (χ2v) is 3.40. The first kappa shape index (κ1) is 10.6. The molecule has 16 heavy (non-hydrogen) atoms. The summed E-state index contributed by atoms with van der Waals surface area (Å²) in [5.74, 6) is -0.514. The highest BCUT2D eigenvalue weighted by Gasteiger charge is 2.33. The number of nitrogens with zero attached hydrogens (tertiary/aromatic N) is 3. The van der Waals surface area contributed by atoms with Crippen LogP contribution in [0.1, 0.15) is 12.8 Å². The molecule has 0 bridgehead atoms. The van der Waals surface area contributed by atoms with E-state index in [1.54, 1.807) is 6.92 Å². The van der Waals surface area contributed by atoms with Crippen LogP contribution in [0.5, 0.6) is 0 Å². The summed E-state index contributed by atoms with van der Waals surface area (Å²) < 4.78 is 5.19. The molecule has 1 fully saturated rings. The van der Waals surface area contributed by atoms with Gasteiger partial charge < -0.3 is 15.1 Å². The van der Waals surface area contributed by atoms with E-state index >= 15 is 0 Å². The Balaban J connectivity index is 2.24. The quantitative estimate of drug-likeness (QED) is 0.581. The molecule has 0 radical (unpaired) electrons. The van der Waals surface area contributed by atoms with Gasteiger partial charge in [0.25, 0.3) is 0 Å². The Kier molecular flexibility index (Phi) is 2.57. The smallest absolute Gasteiger partial charge is 0.319 e. The summed E-state index contributed by atoms with van der Waals surface area (Å²) in [5, 5.41) is 9.61. The number of hydrogen-bond donors (Lipinski definition) is 2. The molecule has 0 saturated carbocycles. The molecule has 1 atom stereocenters. The Morgan fingerprint density at radius 3 is 2.94 bits per heavy atom. The molecule has 2 rings (SSSR count). The summed E-state index contributed by atoms with van der Waals surface area (Å²) in [6, 6.07) is -0.389. The van der Waals surface area contributed by atoms with Crippen LogP contribution >= 0.6 is 0 Å². The summed E-state index contributed by atoms with van der Waals surface area (Å²) in [6.07, 6.45) is 0. The van der Waals surface area contributed by atoms with Crippen LogP contribution in [0.25, 0.3) is 0 Å². The molecule has 1 aliphatic rings. The van der Waals surface area contributed by atoms with Gasteiger partial charge in [-0.1, -0.05) is 5.10 Å². The van der Waals surface area contributed by atoms with Gasteiger partial charge in [0.2, 0.25) is 17.7 Å². The fourth-order valence-electron chi connectivity index (χ4n) is 1.39. The van der Waals surface area contributed by atoms with E-state index in [0.29, 0.717) is 0 Å². The van der Waals surface area contributed by atoms with E-state index in [9.17, 15) is 9.59 Å². The minimum atomic E-state index is -0.524. The molecule has 8 heteroatoms. The van der Waals surface area contributed by atoms with Crippen LogP contribution in [0.4, 0.5) is 6.01 Å². The highest BCUT2D eigenvalue weighted by molar-refractivity contribution is 6.03. The van der Waals surface area contributed by atoms with Crippen LogP contribution in [0.15, 0.2) is 4.42 Å². The maximum atomic E-state index is 11.4. The highest BCUT2D eigenvalue weighted by Crippen LogP contribution is 2.16.